The van der Waals surface area contributed by atoms with E-state index in [1.165, 1.54) is 49.7 Å². The zero-order valence-electron chi connectivity index (χ0n) is 16.0. The molecular formula is C26H28O. The maximum atomic E-state index is 11.9. The van der Waals surface area contributed by atoms with Gasteiger partial charge >= 0.3 is 0 Å². The number of hydrogen-bond acceptors (Lipinski definition) is 1. The van der Waals surface area contributed by atoms with Gasteiger partial charge in [0, 0.05) is 6.42 Å². The standard InChI is InChI=1S/C26H28O/c1-2-24(18-7-4-3-5-8-18)26-15-6-9-25(26)23-12-10-19-17-20(27)11-13-21(19)22(23)14-16-26/h1,3-5,7-8,17,23-25H,6,9-16H2/t23-,24?,25+,26+/m1/s1. The summed E-state index contributed by atoms with van der Waals surface area (Å²) >= 11 is 0. The van der Waals surface area contributed by atoms with E-state index in [1.807, 2.05) is 6.08 Å². The van der Waals surface area contributed by atoms with Crippen molar-refractivity contribution in [1.29, 1.82) is 0 Å². The summed E-state index contributed by atoms with van der Waals surface area (Å²) in [6.45, 7) is 0. The maximum absolute atomic E-state index is 11.9. The quantitative estimate of drug-likeness (QED) is 0.596. The number of carbonyl (C=O) groups is 1. The van der Waals surface area contributed by atoms with E-state index in [2.05, 4.69) is 36.3 Å². The Morgan fingerprint density at radius 1 is 1.04 bits per heavy atom. The number of carbonyl (C=O) groups excluding carboxylic acids is 1. The number of terminal acetylenes is 1. The summed E-state index contributed by atoms with van der Waals surface area (Å²) in [6, 6.07) is 10.8. The highest BCUT2D eigenvalue weighted by Crippen LogP contribution is 2.64. The van der Waals surface area contributed by atoms with Crippen LogP contribution in [-0.2, 0) is 4.79 Å². The molecule has 0 amide bonds. The van der Waals surface area contributed by atoms with Gasteiger partial charge in [0.25, 0.3) is 0 Å². The predicted octanol–water partition coefficient (Wildman–Crippen LogP) is 5.98. The van der Waals surface area contributed by atoms with Gasteiger partial charge in [0.15, 0.2) is 5.78 Å². The summed E-state index contributed by atoms with van der Waals surface area (Å²) in [7, 11) is 0. The van der Waals surface area contributed by atoms with E-state index < -0.39 is 0 Å². The molecule has 4 aliphatic carbocycles. The summed E-state index contributed by atoms with van der Waals surface area (Å²) in [5.41, 5.74) is 6.23. The van der Waals surface area contributed by atoms with E-state index in [4.69, 9.17) is 6.42 Å². The van der Waals surface area contributed by atoms with Crippen molar-refractivity contribution in [3.8, 4) is 12.3 Å². The summed E-state index contributed by atoms with van der Waals surface area (Å²) in [5.74, 6) is 5.22. The van der Waals surface area contributed by atoms with Gasteiger partial charge in [-0.05, 0) is 85.0 Å². The molecule has 1 heteroatoms. The first-order valence-electron chi connectivity index (χ1n) is 10.7. The van der Waals surface area contributed by atoms with E-state index in [0.717, 1.165) is 12.8 Å². The first kappa shape index (κ1) is 17.1. The van der Waals surface area contributed by atoms with Gasteiger partial charge in [-0.15, -0.1) is 6.42 Å². The van der Waals surface area contributed by atoms with E-state index in [-0.39, 0.29) is 11.3 Å². The zero-order chi connectivity index (χ0) is 18.4. The molecule has 4 aliphatic rings. The Kier molecular flexibility index (Phi) is 4.12. The van der Waals surface area contributed by atoms with Crippen LogP contribution in [-0.4, -0.2) is 5.78 Å². The molecule has 1 aromatic carbocycles. The monoisotopic (exact) mass is 356 g/mol. The van der Waals surface area contributed by atoms with Crippen molar-refractivity contribution < 1.29 is 4.79 Å². The van der Waals surface area contributed by atoms with E-state index >= 15 is 0 Å². The highest BCUT2D eigenvalue weighted by atomic mass is 16.1. The molecule has 1 unspecified atom stereocenters. The molecule has 0 bridgehead atoms. The van der Waals surface area contributed by atoms with Crippen molar-refractivity contribution in [3.63, 3.8) is 0 Å². The molecule has 138 valence electrons. The Morgan fingerprint density at radius 3 is 2.70 bits per heavy atom. The van der Waals surface area contributed by atoms with Crippen molar-refractivity contribution in [2.75, 3.05) is 0 Å². The number of benzene rings is 1. The molecule has 0 N–H and O–H groups in total. The molecule has 0 aliphatic heterocycles. The molecule has 0 spiro atoms. The number of fused-ring (bicyclic) bond motifs is 4. The van der Waals surface area contributed by atoms with Crippen LogP contribution < -0.4 is 0 Å². The lowest BCUT2D eigenvalue weighted by atomic mass is 9.52. The van der Waals surface area contributed by atoms with Crippen molar-refractivity contribution in [1.82, 2.24) is 0 Å². The second-order valence-electron chi connectivity index (χ2n) is 9.03. The van der Waals surface area contributed by atoms with Crippen molar-refractivity contribution in [2.45, 2.75) is 63.7 Å². The minimum Gasteiger partial charge on any atom is -0.295 e. The molecule has 27 heavy (non-hydrogen) atoms. The molecule has 1 nitrogen and oxygen atoms in total. The van der Waals surface area contributed by atoms with Crippen LogP contribution in [0.3, 0.4) is 0 Å². The van der Waals surface area contributed by atoms with Gasteiger partial charge in [0.1, 0.15) is 0 Å². The average Bonchev–Trinajstić information content (AvgIpc) is 3.14. The van der Waals surface area contributed by atoms with Gasteiger partial charge in [-0.25, -0.2) is 0 Å². The van der Waals surface area contributed by atoms with Crippen molar-refractivity contribution >= 4 is 5.78 Å². The summed E-state index contributed by atoms with van der Waals surface area (Å²) in [4.78, 5) is 11.9. The minimum absolute atomic E-state index is 0.239. The lowest BCUT2D eigenvalue weighted by molar-refractivity contribution is -0.114. The number of ketones is 1. The molecule has 5 rings (SSSR count). The summed E-state index contributed by atoms with van der Waals surface area (Å²) in [5, 5.41) is 0. The van der Waals surface area contributed by atoms with Crippen LogP contribution >= 0.6 is 0 Å². The third-order valence-electron chi connectivity index (χ3n) is 8.02. The van der Waals surface area contributed by atoms with E-state index in [0.29, 0.717) is 24.0 Å². The molecule has 2 saturated carbocycles. The topological polar surface area (TPSA) is 17.1 Å². The van der Waals surface area contributed by atoms with Gasteiger partial charge in [-0.1, -0.05) is 48.2 Å². The van der Waals surface area contributed by atoms with Crippen LogP contribution in [0.2, 0.25) is 0 Å². The Labute approximate surface area is 162 Å². The predicted molar refractivity (Wildman–Crippen MR) is 109 cm³/mol. The first-order chi connectivity index (χ1) is 13.2. The highest BCUT2D eigenvalue weighted by molar-refractivity contribution is 5.93. The first-order valence-corrected chi connectivity index (χ1v) is 10.7. The van der Waals surface area contributed by atoms with Crippen LogP contribution in [0.15, 0.2) is 53.1 Å². The molecular weight excluding hydrogens is 328 g/mol. The second kappa shape index (κ2) is 6.52. The Balaban J connectivity index is 1.55. The van der Waals surface area contributed by atoms with Gasteiger partial charge in [-0.2, -0.15) is 0 Å². The minimum atomic E-state index is 0.239. The van der Waals surface area contributed by atoms with Crippen LogP contribution in [0.25, 0.3) is 0 Å². The Hall–Kier alpha value is -2.07. The molecule has 0 radical (unpaired) electrons. The second-order valence-corrected chi connectivity index (χ2v) is 9.03. The van der Waals surface area contributed by atoms with Gasteiger partial charge in [0.2, 0.25) is 0 Å². The lowest BCUT2D eigenvalue weighted by Gasteiger charge is -2.51. The molecule has 1 aromatic rings. The van der Waals surface area contributed by atoms with Gasteiger partial charge in [0.05, 0.1) is 5.92 Å². The summed E-state index contributed by atoms with van der Waals surface area (Å²) < 4.78 is 0. The molecule has 0 heterocycles. The maximum Gasteiger partial charge on any atom is 0.156 e. The van der Waals surface area contributed by atoms with Crippen LogP contribution in [0, 0.1) is 29.6 Å². The average molecular weight is 357 g/mol. The smallest absolute Gasteiger partial charge is 0.156 e. The fourth-order valence-electron chi connectivity index (χ4n) is 6.99. The zero-order valence-corrected chi connectivity index (χ0v) is 16.0. The summed E-state index contributed by atoms with van der Waals surface area (Å²) in [6.07, 6.45) is 18.4. The number of hydrogen-bond donors (Lipinski definition) is 0. The SMILES string of the molecule is C#CC(c1ccccc1)[C@@]12CCC[C@H]1[C@@H]1CCC3=CC(=O)CCC3=C1CC2. The molecule has 2 fully saturated rings. The van der Waals surface area contributed by atoms with Crippen LogP contribution in [0.5, 0.6) is 0 Å². The third-order valence-corrected chi connectivity index (χ3v) is 8.02. The van der Waals surface area contributed by atoms with Crippen LogP contribution in [0.4, 0.5) is 0 Å². The fraction of sp³-hybridized carbons (Fsp3) is 0.500. The molecule has 0 aromatic heterocycles. The molecule has 4 atom stereocenters. The van der Waals surface area contributed by atoms with E-state index in [9.17, 15) is 4.79 Å². The highest BCUT2D eigenvalue weighted by Gasteiger charge is 2.54. The fourth-order valence-corrected chi connectivity index (χ4v) is 6.99. The number of allylic oxidation sites excluding steroid dienone is 4. The van der Waals surface area contributed by atoms with Crippen molar-refractivity contribution in [3.05, 3.63) is 58.7 Å². The van der Waals surface area contributed by atoms with E-state index in [1.54, 1.807) is 11.1 Å². The largest absolute Gasteiger partial charge is 0.295 e. The number of rotatable bonds is 2. The van der Waals surface area contributed by atoms with Crippen molar-refractivity contribution in [2.24, 2.45) is 17.3 Å². The lowest BCUT2D eigenvalue weighted by Crippen LogP contribution is -2.42. The Morgan fingerprint density at radius 2 is 1.89 bits per heavy atom. The third kappa shape index (κ3) is 2.57. The van der Waals surface area contributed by atoms with Gasteiger partial charge in [-0.3, -0.25) is 4.79 Å². The normalized spacial score (nSPS) is 33.4. The molecule has 0 saturated heterocycles. The van der Waals surface area contributed by atoms with Crippen LogP contribution in [0.1, 0.15) is 69.3 Å². The Bertz CT molecular complexity index is 865. The van der Waals surface area contributed by atoms with Gasteiger partial charge < -0.3 is 0 Å².